The van der Waals surface area contributed by atoms with Crippen molar-refractivity contribution in [3.05, 3.63) is 34.9 Å². The lowest BCUT2D eigenvalue weighted by molar-refractivity contribution is 0.150. The van der Waals surface area contributed by atoms with Crippen molar-refractivity contribution in [3.63, 3.8) is 0 Å². The molecule has 21 heavy (non-hydrogen) atoms. The largest absolute Gasteiger partial charge is 0.313 e. The molecule has 2 aliphatic rings. The van der Waals surface area contributed by atoms with E-state index in [0.29, 0.717) is 12.0 Å². The SMILES string of the molecule is CN1CCN(CCNC2CC(c3cccc(Cl)c3)C2)CC1. The highest BCUT2D eigenvalue weighted by atomic mass is 35.5. The molecule has 1 aromatic rings. The quantitative estimate of drug-likeness (QED) is 0.901. The van der Waals surface area contributed by atoms with Crippen molar-refractivity contribution in [1.82, 2.24) is 15.1 Å². The number of hydrogen-bond acceptors (Lipinski definition) is 3. The van der Waals surface area contributed by atoms with Crippen LogP contribution in [-0.4, -0.2) is 62.2 Å². The molecule has 4 heteroatoms. The molecule has 0 aromatic heterocycles. The van der Waals surface area contributed by atoms with Gasteiger partial charge in [-0.25, -0.2) is 0 Å². The predicted octanol–water partition coefficient (Wildman–Crippen LogP) is 2.42. The number of nitrogens with zero attached hydrogens (tertiary/aromatic N) is 2. The van der Waals surface area contributed by atoms with Gasteiger partial charge in [-0.15, -0.1) is 0 Å². The number of likely N-dealkylation sites (N-methyl/N-ethyl adjacent to an activating group) is 1. The van der Waals surface area contributed by atoms with E-state index in [0.717, 1.165) is 11.6 Å². The average molecular weight is 308 g/mol. The van der Waals surface area contributed by atoms with E-state index < -0.39 is 0 Å². The summed E-state index contributed by atoms with van der Waals surface area (Å²) in [6.07, 6.45) is 2.51. The first kappa shape index (κ1) is 15.3. The monoisotopic (exact) mass is 307 g/mol. The number of rotatable bonds is 5. The molecular formula is C17H26ClN3. The van der Waals surface area contributed by atoms with Crippen molar-refractivity contribution in [1.29, 1.82) is 0 Å². The minimum Gasteiger partial charge on any atom is -0.313 e. The van der Waals surface area contributed by atoms with Crippen molar-refractivity contribution >= 4 is 11.6 Å². The third-order valence-corrected chi connectivity index (χ3v) is 5.15. The lowest BCUT2D eigenvalue weighted by Crippen LogP contribution is -2.48. The number of benzene rings is 1. The second-order valence-corrected chi connectivity index (χ2v) is 6.96. The van der Waals surface area contributed by atoms with Gasteiger partial charge in [0.25, 0.3) is 0 Å². The number of nitrogens with one attached hydrogen (secondary N) is 1. The van der Waals surface area contributed by atoms with E-state index >= 15 is 0 Å². The summed E-state index contributed by atoms with van der Waals surface area (Å²) in [5.41, 5.74) is 1.40. The van der Waals surface area contributed by atoms with Gasteiger partial charge < -0.3 is 10.2 Å². The van der Waals surface area contributed by atoms with Crippen LogP contribution in [0.15, 0.2) is 24.3 Å². The topological polar surface area (TPSA) is 18.5 Å². The molecule has 1 heterocycles. The van der Waals surface area contributed by atoms with Crippen molar-refractivity contribution in [2.45, 2.75) is 24.8 Å². The lowest BCUT2D eigenvalue weighted by atomic mass is 9.76. The molecule has 1 aromatic carbocycles. The summed E-state index contributed by atoms with van der Waals surface area (Å²) >= 11 is 6.06. The zero-order chi connectivity index (χ0) is 14.7. The van der Waals surface area contributed by atoms with Gasteiger partial charge in [0.1, 0.15) is 0 Å². The van der Waals surface area contributed by atoms with E-state index in [1.165, 1.54) is 51.1 Å². The van der Waals surface area contributed by atoms with Gasteiger partial charge in [0.2, 0.25) is 0 Å². The van der Waals surface area contributed by atoms with Crippen molar-refractivity contribution in [2.75, 3.05) is 46.3 Å². The van der Waals surface area contributed by atoms with Crippen LogP contribution in [0.1, 0.15) is 24.3 Å². The maximum Gasteiger partial charge on any atom is 0.0408 e. The highest BCUT2D eigenvalue weighted by molar-refractivity contribution is 6.30. The Bertz CT molecular complexity index is 451. The van der Waals surface area contributed by atoms with Crippen LogP contribution in [0.2, 0.25) is 5.02 Å². The molecule has 1 saturated heterocycles. The standard InChI is InChI=1S/C17H26ClN3/c1-20-7-9-21(10-8-20)6-5-19-17-12-15(13-17)14-3-2-4-16(18)11-14/h2-4,11,15,17,19H,5-10,12-13H2,1H3. The maximum atomic E-state index is 6.06. The molecule has 116 valence electrons. The molecule has 1 saturated carbocycles. The summed E-state index contributed by atoms with van der Waals surface area (Å²) < 4.78 is 0. The average Bonchev–Trinajstić information content (AvgIpc) is 2.43. The number of halogens is 1. The molecular weight excluding hydrogens is 282 g/mol. The zero-order valence-electron chi connectivity index (χ0n) is 12.9. The van der Waals surface area contributed by atoms with E-state index in [1.54, 1.807) is 0 Å². The maximum absolute atomic E-state index is 6.06. The summed E-state index contributed by atoms with van der Waals surface area (Å²) in [5, 5.41) is 4.56. The minimum atomic E-state index is 0.696. The summed E-state index contributed by atoms with van der Waals surface area (Å²) in [4.78, 5) is 4.98. The number of piperazine rings is 1. The molecule has 0 radical (unpaired) electrons. The van der Waals surface area contributed by atoms with Gasteiger partial charge in [-0.2, -0.15) is 0 Å². The van der Waals surface area contributed by atoms with Gasteiger partial charge in [-0.3, -0.25) is 4.90 Å². The Balaban J connectivity index is 1.32. The van der Waals surface area contributed by atoms with Crippen LogP contribution in [0.3, 0.4) is 0 Å². The van der Waals surface area contributed by atoms with Crippen LogP contribution in [0.25, 0.3) is 0 Å². The Kier molecular flexibility index (Phi) is 5.17. The van der Waals surface area contributed by atoms with E-state index in [1.807, 2.05) is 6.07 Å². The molecule has 0 bridgehead atoms. The summed E-state index contributed by atoms with van der Waals surface area (Å²) in [6.45, 7) is 7.16. The van der Waals surface area contributed by atoms with Crippen molar-refractivity contribution in [2.24, 2.45) is 0 Å². The van der Waals surface area contributed by atoms with Gasteiger partial charge in [-0.05, 0) is 43.5 Å². The highest BCUT2D eigenvalue weighted by Crippen LogP contribution is 2.37. The molecule has 0 unspecified atom stereocenters. The fourth-order valence-corrected chi connectivity index (χ4v) is 3.51. The highest BCUT2D eigenvalue weighted by Gasteiger charge is 2.29. The van der Waals surface area contributed by atoms with Crippen LogP contribution < -0.4 is 5.32 Å². The second kappa shape index (κ2) is 7.10. The van der Waals surface area contributed by atoms with Gasteiger partial charge in [0, 0.05) is 50.3 Å². The Labute approximate surface area is 133 Å². The normalized spacial score (nSPS) is 27.5. The molecule has 0 atom stereocenters. The van der Waals surface area contributed by atoms with Crippen molar-refractivity contribution < 1.29 is 0 Å². The van der Waals surface area contributed by atoms with Crippen LogP contribution in [0.5, 0.6) is 0 Å². The third kappa shape index (κ3) is 4.19. The fraction of sp³-hybridized carbons (Fsp3) is 0.647. The summed E-state index contributed by atoms with van der Waals surface area (Å²) in [5.74, 6) is 0.699. The first-order chi connectivity index (χ1) is 10.2. The van der Waals surface area contributed by atoms with Gasteiger partial charge in [0.05, 0.1) is 0 Å². The van der Waals surface area contributed by atoms with E-state index in [4.69, 9.17) is 11.6 Å². The molecule has 1 aliphatic heterocycles. The van der Waals surface area contributed by atoms with Gasteiger partial charge in [-0.1, -0.05) is 23.7 Å². The van der Waals surface area contributed by atoms with Crippen LogP contribution in [0.4, 0.5) is 0 Å². The summed E-state index contributed by atoms with van der Waals surface area (Å²) in [6, 6.07) is 9.03. The second-order valence-electron chi connectivity index (χ2n) is 6.52. The predicted molar refractivity (Wildman–Crippen MR) is 89.2 cm³/mol. The molecule has 2 fully saturated rings. The molecule has 1 aliphatic carbocycles. The minimum absolute atomic E-state index is 0.696. The van der Waals surface area contributed by atoms with E-state index in [-0.39, 0.29) is 0 Å². The van der Waals surface area contributed by atoms with Crippen LogP contribution in [0, 0.1) is 0 Å². The first-order valence-corrected chi connectivity index (χ1v) is 8.48. The Hall–Kier alpha value is -0.610. The zero-order valence-corrected chi connectivity index (χ0v) is 13.6. The first-order valence-electron chi connectivity index (χ1n) is 8.10. The molecule has 3 nitrogen and oxygen atoms in total. The van der Waals surface area contributed by atoms with E-state index in [9.17, 15) is 0 Å². The Morgan fingerprint density at radius 3 is 2.67 bits per heavy atom. The van der Waals surface area contributed by atoms with E-state index in [2.05, 4.69) is 40.4 Å². The Morgan fingerprint density at radius 1 is 1.19 bits per heavy atom. The Morgan fingerprint density at radius 2 is 1.95 bits per heavy atom. The summed E-state index contributed by atoms with van der Waals surface area (Å²) in [7, 11) is 2.21. The molecule has 0 spiro atoms. The van der Waals surface area contributed by atoms with Crippen molar-refractivity contribution in [3.8, 4) is 0 Å². The molecule has 3 rings (SSSR count). The molecule has 0 amide bonds. The van der Waals surface area contributed by atoms with Gasteiger partial charge >= 0.3 is 0 Å². The van der Waals surface area contributed by atoms with Crippen LogP contribution in [-0.2, 0) is 0 Å². The smallest absolute Gasteiger partial charge is 0.0408 e. The molecule has 1 N–H and O–H groups in total. The number of hydrogen-bond donors (Lipinski definition) is 1. The van der Waals surface area contributed by atoms with Crippen LogP contribution >= 0.6 is 11.6 Å². The fourth-order valence-electron chi connectivity index (χ4n) is 3.32. The lowest BCUT2D eigenvalue weighted by Gasteiger charge is -2.38. The third-order valence-electron chi connectivity index (χ3n) is 4.92. The van der Waals surface area contributed by atoms with Gasteiger partial charge in [0.15, 0.2) is 0 Å².